The third-order valence-corrected chi connectivity index (χ3v) is 4.84. The molecule has 2 heterocycles. The van der Waals surface area contributed by atoms with Gasteiger partial charge in [-0.3, -0.25) is 4.90 Å². The molecule has 1 aliphatic rings. The molecule has 0 atom stereocenters. The zero-order chi connectivity index (χ0) is 13.9. The molecule has 0 saturated carbocycles. The van der Waals surface area contributed by atoms with Gasteiger partial charge in [0.1, 0.15) is 10.8 Å². The van der Waals surface area contributed by atoms with Crippen molar-refractivity contribution in [3.8, 4) is 10.6 Å². The lowest BCUT2D eigenvalue weighted by Gasteiger charge is -2.25. The molecule has 3 nitrogen and oxygen atoms in total. The van der Waals surface area contributed by atoms with Gasteiger partial charge in [0, 0.05) is 5.56 Å². The number of aromatic nitrogens is 2. The van der Waals surface area contributed by atoms with Gasteiger partial charge in [0.05, 0.1) is 6.67 Å². The summed E-state index contributed by atoms with van der Waals surface area (Å²) in [6.07, 6.45) is 3.82. The molecule has 1 aliphatic heterocycles. The highest BCUT2D eigenvalue weighted by Gasteiger charge is 2.13. The van der Waals surface area contributed by atoms with Crippen molar-refractivity contribution in [3.63, 3.8) is 0 Å². The van der Waals surface area contributed by atoms with E-state index in [0.717, 1.165) is 34.3 Å². The molecule has 1 aromatic carbocycles. The predicted molar refractivity (Wildman–Crippen MR) is 81.8 cm³/mol. The third kappa shape index (κ3) is 3.13. The number of piperidine rings is 1. The van der Waals surface area contributed by atoms with Crippen molar-refractivity contribution >= 4 is 23.6 Å². The molecule has 0 unspecified atom stereocenters. The van der Waals surface area contributed by atoms with Crippen LogP contribution in [0.5, 0.6) is 0 Å². The van der Waals surface area contributed by atoms with Crippen molar-refractivity contribution in [2.45, 2.75) is 25.9 Å². The standard InChI is InChI=1S/C14H16FN3S2/c15-12-6-4-11(5-7-12)13-16-18(14(19)20-13)10-17-8-2-1-3-9-17/h4-7H,1-3,8-10H2. The van der Waals surface area contributed by atoms with Crippen LogP contribution >= 0.6 is 23.6 Å². The average Bonchev–Trinajstić information content (AvgIpc) is 2.82. The molecule has 1 fully saturated rings. The van der Waals surface area contributed by atoms with E-state index in [2.05, 4.69) is 10.00 Å². The van der Waals surface area contributed by atoms with Crippen LogP contribution < -0.4 is 0 Å². The van der Waals surface area contributed by atoms with Crippen molar-refractivity contribution in [2.75, 3.05) is 13.1 Å². The Kier molecular flexibility index (Phi) is 4.24. The van der Waals surface area contributed by atoms with E-state index in [1.54, 1.807) is 12.1 Å². The van der Waals surface area contributed by atoms with Crippen LogP contribution in [0.25, 0.3) is 10.6 Å². The number of hydrogen-bond acceptors (Lipinski definition) is 4. The minimum absolute atomic E-state index is 0.231. The van der Waals surface area contributed by atoms with Crippen LogP contribution in [0.3, 0.4) is 0 Å². The molecule has 0 aliphatic carbocycles. The number of hydrogen-bond donors (Lipinski definition) is 0. The maximum Gasteiger partial charge on any atom is 0.180 e. The highest BCUT2D eigenvalue weighted by molar-refractivity contribution is 7.73. The van der Waals surface area contributed by atoms with Crippen LogP contribution in [-0.2, 0) is 6.67 Å². The first kappa shape index (κ1) is 13.9. The monoisotopic (exact) mass is 309 g/mol. The fourth-order valence-corrected chi connectivity index (χ4v) is 3.49. The first-order valence-electron chi connectivity index (χ1n) is 6.78. The number of rotatable bonds is 3. The van der Waals surface area contributed by atoms with Gasteiger partial charge in [-0.2, -0.15) is 5.10 Å². The molecule has 106 valence electrons. The summed E-state index contributed by atoms with van der Waals surface area (Å²) in [5.41, 5.74) is 0.917. The Morgan fingerprint density at radius 3 is 2.55 bits per heavy atom. The van der Waals surface area contributed by atoms with Gasteiger partial charge < -0.3 is 0 Å². The van der Waals surface area contributed by atoms with E-state index in [-0.39, 0.29) is 5.82 Å². The Labute approximate surface area is 126 Å². The van der Waals surface area contributed by atoms with Gasteiger partial charge in [0.25, 0.3) is 0 Å². The predicted octanol–water partition coefficient (Wildman–Crippen LogP) is 3.92. The largest absolute Gasteiger partial charge is 0.284 e. The average molecular weight is 309 g/mol. The van der Waals surface area contributed by atoms with E-state index in [1.807, 2.05) is 4.68 Å². The van der Waals surface area contributed by atoms with Crippen molar-refractivity contribution in [2.24, 2.45) is 0 Å². The summed E-state index contributed by atoms with van der Waals surface area (Å²) in [6, 6.07) is 6.39. The Morgan fingerprint density at radius 2 is 1.85 bits per heavy atom. The van der Waals surface area contributed by atoms with E-state index in [0.29, 0.717) is 0 Å². The lowest BCUT2D eigenvalue weighted by molar-refractivity contribution is 0.173. The van der Waals surface area contributed by atoms with Gasteiger partial charge in [-0.25, -0.2) is 9.07 Å². The lowest BCUT2D eigenvalue weighted by atomic mass is 10.1. The van der Waals surface area contributed by atoms with Crippen molar-refractivity contribution in [1.82, 2.24) is 14.7 Å². The van der Waals surface area contributed by atoms with Crippen LogP contribution in [0.4, 0.5) is 4.39 Å². The van der Waals surface area contributed by atoms with Gasteiger partial charge in [0.2, 0.25) is 0 Å². The highest BCUT2D eigenvalue weighted by atomic mass is 32.1. The first-order valence-corrected chi connectivity index (χ1v) is 8.01. The lowest BCUT2D eigenvalue weighted by Crippen LogP contribution is -2.32. The van der Waals surface area contributed by atoms with Crippen LogP contribution in [-0.4, -0.2) is 27.8 Å². The Hall–Kier alpha value is -1.11. The van der Waals surface area contributed by atoms with Gasteiger partial charge >= 0.3 is 0 Å². The summed E-state index contributed by atoms with van der Waals surface area (Å²) >= 11 is 6.86. The van der Waals surface area contributed by atoms with Crippen molar-refractivity contribution in [1.29, 1.82) is 0 Å². The second-order valence-corrected chi connectivity index (χ2v) is 6.62. The molecule has 1 aromatic heterocycles. The Morgan fingerprint density at radius 1 is 1.15 bits per heavy atom. The van der Waals surface area contributed by atoms with E-state index < -0.39 is 0 Å². The molecular weight excluding hydrogens is 293 g/mol. The molecule has 0 N–H and O–H groups in total. The van der Waals surface area contributed by atoms with Gasteiger partial charge in [-0.1, -0.05) is 17.8 Å². The molecule has 2 aromatic rings. The van der Waals surface area contributed by atoms with Gasteiger partial charge in [0.15, 0.2) is 3.95 Å². The molecule has 0 amide bonds. The second kappa shape index (κ2) is 6.11. The van der Waals surface area contributed by atoms with E-state index in [9.17, 15) is 4.39 Å². The quantitative estimate of drug-likeness (QED) is 0.802. The highest BCUT2D eigenvalue weighted by Crippen LogP contribution is 2.23. The fraction of sp³-hybridized carbons (Fsp3) is 0.429. The minimum Gasteiger partial charge on any atom is -0.284 e. The molecule has 6 heteroatoms. The molecular formula is C14H16FN3S2. The SMILES string of the molecule is Fc1ccc(-c2nn(CN3CCCCC3)c(=S)s2)cc1. The summed E-state index contributed by atoms with van der Waals surface area (Å²) in [6.45, 7) is 2.99. The molecule has 3 rings (SSSR count). The van der Waals surface area contributed by atoms with E-state index in [1.165, 1.54) is 42.7 Å². The second-order valence-electron chi connectivity index (χ2n) is 5.00. The fourth-order valence-electron chi connectivity index (χ4n) is 2.40. The number of halogens is 1. The van der Waals surface area contributed by atoms with Crippen molar-refractivity contribution < 1.29 is 4.39 Å². The van der Waals surface area contributed by atoms with Crippen LogP contribution in [0.15, 0.2) is 24.3 Å². The number of nitrogens with zero attached hydrogens (tertiary/aromatic N) is 3. The van der Waals surface area contributed by atoms with Crippen LogP contribution in [0, 0.1) is 9.77 Å². The molecule has 20 heavy (non-hydrogen) atoms. The maximum absolute atomic E-state index is 12.9. The smallest absolute Gasteiger partial charge is 0.180 e. The van der Waals surface area contributed by atoms with Gasteiger partial charge in [-0.05, 0) is 62.4 Å². The summed E-state index contributed by atoms with van der Waals surface area (Å²) in [7, 11) is 0. The van der Waals surface area contributed by atoms with Crippen LogP contribution in [0.2, 0.25) is 0 Å². The maximum atomic E-state index is 12.9. The summed E-state index contributed by atoms with van der Waals surface area (Å²) in [5.74, 6) is -0.231. The zero-order valence-corrected chi connectivity index (χ0v) is 12.7. The van der Waals surface area contributed by atoms with E-state index >= 15 is 0 Å². The Balaban J connectivity index is 1.79. The number of benzene rings is 1. The Bertz CT molecular complexity index is 627. The molecule has 0 spiro atoms. The minimum atomic E-state index is -0.231. The van der Waals surface area contributed by atoms with Gasteiger partial charge in [-0.15, -0.1) is 0 Å². The molecule has 0 bridgehead atoms. The topological polar surface area (TPSA) is 21.1 Å². The zero-order valence-electron chi connectivity index (χ0n) is 11.1. The first-order chi connectivity index (χ1) is 9.72. The molecule has 1 saturated heterocycles. The van der Waals surface area contributed by atoms with Crippen LogP contribution in [0.1, 0.15) is 19.3 Å². The number of likely N-dealkylation sites (tertiary alicyclic amines) is 1. The molecule has 0 radical (unpaired) electrons. The van der Waals surface area contributed by atoms with Crippen molar-refractivity contribution in [3.05, 3.63) is 34.0 Å². The summed E-state index contributed by atoms with van der Waals surface area (Å²) in [4.78, 5) is 2.38. The summed E-state index contributed by atoms with van der Waals surface area (Å²) < 4.78 is 15.6. The third-order valence-electron chi connectivity index (χ3n) is 3.48. The summed E-state index contributed by atoms with van der Waals surface area (Å²) in [5, 5.41) is 5.42. The normalized spacial score (nSPS) is 16.4. The van der Waals surface area contributed by atoms with E-state index in [4.69, 9.17) is 12.2 Å².